The summed E-state index contributed by atoms with van der Waals surface area (Å²) in [7, 11) is -2.85. The van der Waals surface area contributed by atoms with Crippen LogP contribution >= 0.6 is 0 Å². The topological polar surface area (TPSA) is 0 Å². The fourth-order valence-electron chi connectivity index (χ4n) is 7.59. The van der Waals surface area contributed by atoms with E-state index in [1.807, 2.05) is 0 Å². The van der Waals surface area contributed by atoms with Crippen LogP contribution in [0.2, 0.25) is 0 Å². The van der Waals surface area contributed by atoms with Gasteiger partial charge in [-0.1, -0.05) is 156 Å². The third kappa shape index (κ3) is 4.35. The van der Waals surface area contributed by atoms with Crippen molar-refractivity contribution in [1.82, 2.24) is 0 Å². The van der Waals surface area contributed by atoms with Crippen LogP contribution in [-0.4, -0.2) is 8.07 Å². The summed E-state index contributed by atoms with van der Waals surface area (Å²) >= 11 is 0. The molecule has 8 aromatic rings. The molecular formula is C40H30Li2Si. The molecule has 0 amide bonds. The first-order valence-corrected chi connectivity index (χ1v) is 16.5. The first-order chi connectivity index (χ1) is 20.2. The molecule has 0 radical (unpaired) electrons. The van der Waals surface area contributed by atoms with Crippen molar-refractivity contribution >= 4 is 71.9 Å². The maximum absolute atomic E-state index is 2.85. The summed E-state index contributed by atoms with van der Waals surface area (Å²) in [6.07, 6.45) is 0. The van der Waals surface area contributed by atoms with Gasteiger partial charge in [0.2, 0.25) is 0 Å². The van der Waals surface area contributed by atoms with Crippen LogP contribution < -0.4 is 58.5 Å². The molecule has 0 aliphatic carbocycles. The molecule has 0 bridgehead atoms. The molecule has 3 heteroatoms. The molecule has 0 spiro atoms. The third-order valence-electron chi connectivity index (χ3n) is 9.12. The summed E-state index contributed by atoms with van der Waals surface area (Å²) in [5.74, 6) is 0. The first kappa shape index (κ1) is 29.5. The van der Waals surface area contributed by atoms with Gasteiger partial charge >= 0.3 is 37.7 Å². The maximum atomic E-state index is 2.43. The molecule has 0 saturated carbocycles. The van der Waals surface area contributed by atoms with E-state index in [4.69, 9.17) is 0 Å². The quantitative estimate of drug-likeness (QED) is 0.231. The van der Waals surface area contributed by atoms with Crippen LogP contribution in [0.25, 0.3) is 43.1 Å². The van der Waals surface area contributed by atoms with Crippen LogP contribution in [0.1, 0.15) is 11.1 Å². The van der Waals surface area contributed by atoms with Gasteiger partial charge in [0.15, 0.2) is 0 Å². The molecule has 43 heavy (non-hydrogen) atoms. The van der Waals surface area contributed by atoms with Crippen molar-refractivity contribution in [2.45, 2.75) is 13.8 Å². The normalized spacial score (nSPS) is 11.6. The van der Waals surface area contributed by atoms with Crippen molar-refractivity contribution < 1.29 is 37.7 Å². The van der Waals surface area contributed by atoms with Gasteiger partial charge in [-0.05, 0) is 10.8 Å². The standard InChI is InChI=1S/C40H30Si.2Li/c1-27-25-31-23-21-29-13-9-11-19-35(29)37(31)39(27)41(33-15-5-3-6-16-33,34-17-7-4-8-18-34)40-28(2)26-32-24-22-30-14-10-12-20-36(30)38(32)40;;/h3-26H,1-2H3;;/q-2;2*+1. The van der Waals surface area contributed by atoms with Gasteiger partial charge in [0.1, 0.15) is 0 Å². The van der Waals surface area contributed by atoms with Crippen LogP contribution in [0.15, 0.2) is 146 Å². The van der Waals surface area contributed by atoms with Crippen molar-refractivity contribution in [2.24, 2.45) is 0 Å². The average Bonchev–Trinajstić information content (AvgIpc) is 3.55. The zero-order valence-electron chi connectivity index (χ0n) is 25.4. The second-order valence-corrected chi connectivity index (χ2v) is 15.0. The molecule has 0 unspecified atom stereocenters. The van der Waals surface area contributed by atoms with Crippen LogP contribution in [0.4, 0.5) is 0 Å². The molecule has 0 fully saturated rings. The van der Waals surface area contributed by atoms with Crippen LogP contribution in [0.3, 0.4) is 0 Å². The molecule has 0 saturated heterocycles. The number of hydrogen-bond donors (Lipinski definition) is 0. The number of aryl methyl sites for hydroxylation is 2. The molecule has 8 aromatic carbocycles. The fourth-order valence-corrected chi connectivity index (χ4v) is 13.4. The van der Waals surface area contributed by atoms with Crippen molar-refractivity contribution in [3.8, 4) is 0 Å². The predicted octanol–water partition coefficient (Wildman–Crippen LogP) is 1.74. The Balaban J connectivity index is 0.00000165. The molecule has 0 atom stereocenters. The number of rotatable bonds is 4. The van der Waals surface area contributed by atoms with Crippen LogP contribution in [0, 0.1) is 13.8 Å². The van der Waals surface area contributed by atoms with Crippen LogP contribution in [0.5, 0.6) is 0 Å². The van der Waals surface area contributed by atoms with Crippen molar-refractivity contribution in [3.05, 3.63) is 157 Å². The van der Waals surface area contributed by atoms with E-state index < -0.39 is 8.07 Å². The molecule has 0 aromatic heterocycles. The van der Waals surface area contributed by atoms with E-state index in [2.05, 4.69) is 159 Å². The number of benzene rings is 6. The van der Waals surface area contributed by atoms with Gasteiger partial charge in [0, 0.05) is 0 Å². The Bertz CT molecular complexity index is 2060. The van der Waals surface area contributed by atoms with E-state index in [1.165, 1.54) is 75.0 Å². The molecule has 196 valence electrons. The zero-order chi connectivity index (χ0) is 27.6. The SMILES string of the molecule is Cc1[cH-]c2ccc3ccccc3c2c1[Si](c1ccccc1)(c1ccccc1)c1c(C)[cH-]c2ccc3ccccc3c12.[Li+].[Li+]. The monoisotopic (exact) mass is 552 g/mol. The molecule has 0 heterocycles. The largest absolute Gasteiger partial charge is 1.00 e. The summed E-state index contributed by atoms with van der Waals surface area (Å²) in [5.41, 5.74) is 2.76. The van der Waals surface area contributed by atoms with Crippen LogP contribution in [-0.2, 0) is 0 Å². The Morgan fingerprint density at radius 1 is 0.419 bits per heavy atom. The summed E-state index contributed by atoms with van der Waals surface area (Å²) in [6.45, 7) is 4.69. The molecule has 0 nitrogen and oxygen atoms in total. The number of hydrogen-bond acceptors (Lipinski definition) is 0. The summed E-state index contributed by atoms with van der Waals surface area (Å²) in [6, 6.07) is 54.8. The van der Waals surface area contributed by atoms with E-state index in [1.54, 1.807) is 0 Å². The molecule has 8 rings (SSSR count). The Kier molecular flexibility index (Phi) is 7.92. The Morgan fingerprint density at radius 3 is 1.21 bits per heavy atom. The minimum Gasteiger partial charge on any atom is -0.149 e. The second-order valence-electron chi connectivity index (χ2n) is 11.4. The van der Waals surface area contributed by atoms with E-state index in [0.717, 1.165) is 0 Å². The fraction of sp³-hybridized carbons (Fsp3) is 0.0500. The first-order valence-electron chi connectivity index (χ1n) is 14.5. The van der Waals surface area contributed by atoms with Crippen molar-refractivity contribution in [2.75, 3.05) is 0 Å². The van der Waals surface area contributed by atoms with Gasteiger partial charge in [-0.25, -0.2) is 0 Å². The minimum absolute atomic E-state index is 0. The van der Waals surface area contributed by atoms with E-state index in [-0.39, 0.29) is 37.7 Å². The molecular weight excluding hydrogens is 522 g/mol. The third-order valence-corrected chi connectivity index (χ3v) is 14.3. The molecule has 0 N–H and O–H groups in total. The van der Waals surface area contributed by atoms with E-state index in [9.17, 15) is 0 Å². The van der Waals surface area contributed by atoms with Gasteiger partial charge in [0.25, 0.3) is 0 Å². The van der Waals surface area contributed by atoms with Gasteiger partial charge < -0.3 is 0 Å². The van der Waals surface area contributed by atoms with Crippen molar-refractivity contribution in [1.29, 1.82) is 0 Å². The molecule has 0 aliphatic heterocycles. The Morgan fingerprint density at radius 2 is 0.791 bits per heavy atom. The van der Waals surface area contributed by atoms with Gasteiger partial charge in [-0.15, -0.1) is 67.3 Å². The number of fused-ring (bicyclic) bond motifs is 6. The Hall–Kier alpha value is -3.53. The van der Waals surface area contributed by atoms with Gasteiger partial charge in [-0.2, -0.15) is 0 Å². The van der Waals surface area contributed by atoms with Gasteiger partial charge in [-0.3, -0.25) is 0 Å². The predicted molar refractivity (Wildman–Crippen MR) is 181 cm³/mol. The average molecular weight is 553 g/mol. The van der Waals surface area contributed by atoms with Gasteiger partial charge in [0.05, 0.1) is 8.07 Å². The van der Waals surface area contributed by atoms with Crippen molar-refractivity contribution in [3.63, 3.8) is 0 Å². The van der Waals surface area contributed by atoms with E-state index in [0.29, 0.717) is 0 Å². The molecule has 0 aliphatic rings. The summed E-state index contributed by atoms with van der Waals surface area (Å²) in [5, 5.41) is 16.7. The summed E-state index contributed by atoms with van der Waals surface area (Å²) < 4.78 is 0. The summed E-state index contributed by atoms with van der Waals surface area (Å²) in [4.78, 5) is 0. The second kappa shape index (κ2) is 11.5. The minimum atomic E-state index is -2.85. The smallest absolute Gasteiger partial charge is 0.149 e. The maximum Gasteiger partial charge on any atom is 1.00 e. The van der Waals surface area contributed by atoms with E-state index >= 15 is 0 Å². The Labute approximate surface area is 278 Å². The zero-order valence-corrected chi connectivity index (χ0v) is 26.4.